The summed E-state index contributed by atoms with van der Waals surface area (Å²) in [7, 11) is -1.35. The topological polar surface area (TPSA) is 90.9 Å². The number of Topliss-reactive ketones (excluding diaryl/α,β-unsaturated/α-hetero) is 1. The second-order valence-electron chi connectivity index (χ2n) is 16.1. The molecule has 0 saturated heterocycles. The summed E-state index contributed by atoms with van der Waals surface area (Å²) in [5, 5.41) is 2.07. The first-order valence-corrected chi connectivity index (χ1v) is 27.3. The summed E-state index contributed by atoms with van der Waals surface area (Å²) in [5.41, 5.74) is 6.44. The first-order chi connectivity index (χ1) is 36.2. The van der Waals surface area contributed by atoms with E-state index in [4.69, 9.17) is 36.6 Å². The lowest BCUT2D eigenvalue weighted by molar-refractivity contribution is 0.0979. The van der Waals surface area contributed by atoms with Crippen molar-refractivity contribution in [2.45, 2.75) is 81.1 Å². The highest BCUT2D eigenvalue weighted by atomic mass is 31.2. The Morgan fingerprint density at radius 3 is 2.09 bits per heavy atom. The Bertz CT molecular complexity index is 2980. The van der Waals surface area contributed by atoms with Crippen LogP contribution in [0.3, 0.4) is 0 Å². The largest absolute Gasteiger partial charge is 0.530 e. The van der Waals surface area contributed by atoms with Crippen molar-refractivity contribution in [2.24, 2.45) is 0 Å². The van der Waals surface area contributed by atoms with Gasteiger partial charge >= 0.3 is 17.2 Å². The van der Waals surface area contributed by atoms with Gasteiger partial charge in [-0.05, 0) is 145 Å². The fourth-order valence-electron chi connectivity index (χ4n) is 7.43. The normalized spacial score (nSPS) is 12.9. The van der Waals surface area contributed by atoms with Gasteiger partial charge in [-0.15, -0.1) is 0 Å². The molecule has 2 atom stereocenters. The molecule has 0 bridgehead atoms. The summed E-state index contributed by atoms with van der Waals surface area (Å²) in [5.74, 6) is 3.12. The average molecular weight is 1030 g/mol. The van der Waals surface area contributed by atoms with Crippen molar-refractivity contribution in [3.8, 4) is 34.5 Å². The molecule has 0 saturated carbocycles. The maximum absolute atomic E-state index is 14.9. The molecule has 1 aliphatic rings. The van der Waals surface area contributed by atoms with Crippen LogP contribution in [0.5, 0.6) is 34.5 Å². The van der Waals surface area contributed by atoms with Crippen molar-refractivity contribution in [1.29, 1.82) is 0 Å². The van der Waals surface area contributed by atoms with Crippen molar-refractivity contribution in [2.75, 3.05) is 14.2 Å². The van der Waals surface area contributed by atoms with Crippen molar-refractivity contribution in [3.05, 3.63) is 215 Å². The molecule has 0 spiro atoms. The molecule has 0 radical (unpaired) electrons. The van der Waals surface area contributed by atoms with Gasteiger partial charge in [0.15, 0.2) is 5.78 Å². The molecule has 0 aromatic heterocycles. The van der Waals surface area contributed by atoms with E-state index in [0.29, 0.717) is 40.9 Å². The summed E-state index contributed by atoms with van der Waals surface area (Å²) in [6, 6.07) is 36.3. The second kappa shape index (κ2) is 30.7. The fraction of sp³-hybridized carbons (Fsp3) is 0.222. The number of rotatable bonds is 23. The molecule has 11 heteroatoms. The minimum Gasteiger partial charge on any atom is -0.497 e. The molecule has 7 rings (SSSR count). The van der Waals surface area contributed by atoms with E-state index in [1.807, 2.05) is 164 Å². The van der Waals surface area contributed by atoms with Crippen LogP contribution in [0.15, 0.2) is 176 Å². The molecule has 386 valence electrons. The van der Waals surface area contributed by atoms with Crippen LogP contribution >= 0.6 is 17.2 Å². The highest BCUT2D eigenvalue weighted by Crippen LogP contribution is 2.48. The Kier molecular flexibility index (Phi) is 23.9. The van der Waals surface area contributed by atoms with Gasteiger partial charge in [-0.25, -0.2) is 0 Å². The minimum atomic E-state index is -2.25. The van der Waals surface area contributed by atoms with Crippen LogP contribution < -0.4 is 27.4 Å². The average Bonchev–Trinajstić information content (AvgIpc) is 3.42. The van der Waals surface area contributed by atoms with Crippen LogP contribution in [0.2, 0.25) is 0 Å². The number of ether oxygens (including phenoxy) is 2. The number of carbonyl (C=O) groups is 1. The van der Waals surface area contributed by atoms with E-state index in [9.17, 15) is 4.79 Å². The van der Waals surface area contributed by atoms with Gasteiger partial charge in [0.25, 0.3) is 0 Å². The van der Waals surface area contributed by atoms with Gasteiger partial charge in [0.1, 0.15) is 46.0 Å². The second-order valence-corrected chi connectivity index (χ2v) is 18.0. The smallest absolute Gasteiger partial charge is 0.497 e. The predicted octanol–water partition coefficient (Wildman–Crippen LogP) is 19.0. The third-order valence-electron chi connectivity index (χ3n) is 10.9. The lowest BCUT2D eigenvalue weighted by Crippen LogP contribution is -2.09. The summed E-state index contributed by atoms with van der Waals surface area (Å²) >= 11 is 0. The van der Waals surface area contributed by atoms with Crippen molar-refractivity contribution >= 4 is 58.1 Å². The standard InChI is InChI=1S/C59H58O9P2.2C2H6/c1-8-12-13-19-43-20-16-23-52(35-43)63-69(64-53-29-26-44(11-4)46(36-53)17-9-2)67-56(39-50(61-6)18-10-3)40-58(60)57-33-32-51(62-7)41-59(57)68-70(65-54-30-27-45-21-14-15-22-47(45)37-54)66-55-31-28-48-34-42(5)24-25-49(48)38-55;2*1-2/h8-9,11-13,15-20,22-39,41H,4,10,14,21,40H2,1-3,5-7H3;2*1-2H3/b12-8-,17-9-,19-13-,50-18+,56-39+;;. The minimum absolute atomic E-state index is 0.191. The maximum atomic E-state index is 14.9. The number of ketones is 1. The predicted molar refractivity (Wildman–Crippen MR) is 310 cm³/mol. The third-order valence-corrected chi connectivity index (χ3v) is 13.1. The van der Waals surface area contributed by atoms with E-state index < -0.39 is 17.2 Å². The van der Waals surface area contributed by atoms with Gasteiger partial charge < -0.3 is 36.6 Å². The van der Waals surface area contributed by atoms with Crippen molar-refractivity contribution in [1.82, 2.24) is 0 Å². The van der Waals surface area contributed by atoms with E-state index >= 15 is 0 Å². The molecule has 0 aliphatic heterocycles. The van der Waals surface area contributed by atoms with Gasteiger partial charge in [0.2, 0.25) is 0 Å². The highest BCUT2D eigenvalue weighted by Gasteiger charge is 2.28. The third kappa shape index (κ3) is 17.2. The number of methoxy groups -OCH3 is 2. The number of hydrogen-bond acceptors (Lipinski definition) is 9. The van der Waals surface area contributed by atoms with Crippen LogP contribution in [0.1, 0.15) is 111 Å². The van der Waals surface area contributed by atoms with E-state index in [0.717, 1.165) is 51.4 Å². The number of allylic oxidation sites excluding steroid dienone is 8. The van der Waals surface area contributed by atoms with Gasteiger partial charge in [0.05, 0.1) is 26.2 Å². The van der Waals surface area contributed by atoms with Crippen LogP contribution in [-0.2, 0) is 15.7 Å². The van der Waals surface area contributed by atoms with E-state index in [1.165, 1.54) is 5.56 Å². The van der Waals surface area contributed by atoms with Crippen LogP contribution in [-0.4, -0.2) is 20.0 Å². The molecular formula is C63H70O9P2. The SMILES string of the molecule is C=Cc1ccc(OP(O/C(=C/C(=C\CC)OC)CC(=O)c2ccc(OC)cc2OP(Oc2ccc3c(c2)C=CCC3)Oc2ccc3cc(C)ccc3c2)Oc2cccc(/C=C\C=C/C)c2)cc1/C=C\C.CC.CC. The first-order valence-electron chi connectivity index (χ1n) is 25.1. The number of benzene rings is 6. The Labute approximate surface area is 442 Å². The molecule has 0 fully saturated rings. The van der Waals surface area contributed by atoms with Gasteiger partial charge in [0, 0.05) is 12.1 Å². The maximum Gasteiger partial charge on any atom is 0.530 e. The molecule has 0 amide bonds. The zero-order chi connectivity index (χ0) is 53.2. The first kappa shape index (κ1) is 57.6. The number of fused-ring (bicyclic) bond motifs is 2. The number of carbonyl (C=O) groups excluding carboxylic acids is 1. The quantitative estimate of drug-likeness (QED) is 0.0269. The van der Waals surface area contributed by atoms with Crippen LogP contribution in [0.4, 0.5) is 0 Å². The molecule has 0 heterocycles. The van der Waals surface area contributed by atoms with Crippen molar-refractivity contribution in [3.63, 3.8) is 0 Å². The molecular weight excluding hydrogens is 963 g/mol. The Morgan fingerprint density at radius 1 is 0.676 bits per heavy atom. The van der Waals surface area contributed by atoms with Gasteiger partial charge in [-0.3, -0.25) is 4.79 Å². The van der Waals surface area contributed by atoms with Gasteiger partial charge in [-0.1, -0.05) is 150 Å². The molecule has 74 heavy (non-hydrogen) atoms. The van der Waals surface area contributed by atoms with E-state index in [-0.39, 0.29) is 29.3 Å². The molecule has 1 aliphatic carbocycles. The van der Waals surface area contributed by atoms with E-state index in [1.54, 1.807) is 44.6 Å². The van der Waals surface area contributed by atoms with E-state index in [2.05, 4.69) is 49.9 Å². The Balaban J connectivity index is 0.00000247. The van der Waals surface area contributed by atoms with Gasteiger partial charge in [-0.2, -0.15) is 0 Å². The zero-order valence-electron chi connectivity index (χ0n) is 44.4. The van der Waals surface area contributed by atoms with Crippen molar-refractivity contribution < 1.29 is 41.4 Å². The molecule has 6 aromatic rings. The summed E-state index contributed by atoms with van der Waals surface area (Å²) < 4.78 is 51.0. The van der Waals surface area contributed by atoms with Crippen LogP contribution in [0.25, 0.3) is 35.1 Å². The Morgan fingerprint density at radius 2 is 1.36 bits per heavy atom. The summed E-state index contributed by atoms with van der Waals surface area (Å²) in [4.78, 5) is 14.9. The molecule has 0 N–H and O–H groups in total. The monoisotopic (exact) mass is 1030 g/mol. The number of aryl methyl sites for hydroxylation is 2. The summed E-state index contributed by atoms with van der Waals surface area (Å²) in [6.45, 7) is 19.9. The lowest BCUT2D eigenvalue weighted by atomic mass is 9.97. The lowest BCUT2D eigenvalue weighted by Gasteiger charge is -2.22. The zero-order valence-corrected chi connectivity index (χ0v) is 46.2. The Hall–Kier alpha value is -7.31. The number of hydrogen-bond donors (Lipinski definition) is 0. The highest BCUT2D eigenvalue weighted by molar-refractivity contribution is 7.43. The fourth-order valence-corrected chi connectivity index (χ4v) is 9.41. The molecule has 2 unspecified atom stereocenters. The van der Waals surface area contributed by atoms with Crippen LogP contribution in [0, 0.1) is 6.92 Å². The summed E-state index contributed by atoms with van der Waals surface area (Å²) in [6.07, 6.45) is 23.7. The molecule has 6 aromatic carbocycles. The molecule has 9 nitrogen and oxygen atoms in total.